The molecule has 0 aromatic carbocycles. The Labute approximate surface area is 192 Å². The number of anilines is 3. The Hall–Kier alpha value is -1.26. The van der Waals surface area contributed by atoms with Gasteiger partial charge in [-0.15, -0.1) is 0 Å². The van der Waals surface area contributed by atoms with Crippen molar-refractivity contribution in [3.05, 3.63) is 0 Å². The van der Waals surface area contributed by atoms with Crippen molar-refractivity contribution in [3.63, 3.8) is 0 Å². The number of nitrogens with zero attached hydrogens (tertiary/aromatic N) is 3. The molecule has 4 bridgehead atoms. The Morgan fingerprint density at radius 3 is 1.56 bits per heavy atom. The first kappa shape index (κ1) is 24.4. The first-order valence-corrected chi connectivity index (χ1v) is 14.1. The molecule has 34 heavy (non-hydrogen) atoms. The number of hydrogen-bond donors (Lipinski definition) is 3. The summed E-state index contributed by atoms with van der Waals surface area (Å²) in [7, 11) is -11.5. The predicted octanol–water partition coefficient (Wildman–Crippen LogP) is 0.864. The highest BCUT2D eigenvalue weighted by atomic mass is 31.2. The molecule has 0 saturated carbocycles. The van der Waals surface area contributed by atoms with E-state index in [1.54, 1.807) is 0 Å². The molecule has 0 radical (unpaired) electrons. The van der Waals surface area contributed by atoms with Crippen LogP contribution in [0.4, 0.5) is 17.8 Å². The molecule has 0 amide bonds. The number of aromatic nitrogens is 3. The summed E-state index contributed by atoms with van der Waals surface area (Å²) in [6, 6.07) is 0. The van der Waals surface area contributed by atoms with E-state index in [1.165, 1.54) is 0 Å². The van der Waals surface area contributed by atoms with Crippen molar-refractivity contribution < 1.29 is 54.5 Å². The SMILES string of the molecule is Nc1nc(N)nc(NOP(=O)(OCC23COP(=O)(OC2)OC3)OCC23COP(=O)(OC2)OC3)n1. The van der Waals surface area contributed by atoms with Crippen LogP contribution in [0.2, 0.25) is 0 Å². The molecule has 0 unspecified atom stereocenters. The van der Waals surface area contributed by atoms with Crippen molar-refractivity contribution in [2.24, 2.45) is 10.8 Å². The molecule has 190 valence electrons. The normalized spacial score (nSPS) is 38.5. The van der Waals surface area contributed by atoms with Crippen molar-refractivity contribution in [2.75, 3.05) is 69.8 Å². The van der Waals surface area contributed by atoms with Crippen LogP contribution >= 0.6 is 23.5 Å². The van der Waals surface area contributed by atoms with Crippen LogP contribution < -0.4 is 16.9 Å². The molecular weight excluding hydrogens is 525 g/mol. The van der Waals surface area contributed by atoms with E-state index in [2.05, 4.69) is 20.4 Å². The predicted molar refractivity (Wildman–Crippen MR) is 109 cm³/mol. The molecule has 6 aliphatic rings. The summed E-state index contributed by atoms with van der Waals surface area (Å²) in [4.78, 5) is 11.1. The Morgan fingerprint density at radius 1 is 0.794 bits per heavy atom. The van der Waals surface area contributed by atoms with Crippen LogP contribution in [-0.4, -0.2) is 67.8 Å². The summed E-state index contributed by atoms with van der Waals surface area (Å²) in [5.74, 6) is -0.687. The molecule has 6 aliphatic heterocycles. The smallest absolute Gasteiger partial charge is 0.368 e. The van der Waals surface area contributed by atoms with Crippen molar-refractivity contribution >= 4 is 41.3 Å². The number of rotatable bonds is 9. The quantitative estimate of drug-likeness (QED) is 0.287. The van der Waals surface area contributed by atoms with E-state index >= 15 is 0 Å². The van der Waals surface area contributed by atoms with E-state index in [4.69, 9.17) is 52.3 Å². The molecule has 18 nitrogen and oxygen atoms in total. The molecule has 0 aliphatic carbocycles. The molecule has 6 saturated heterocycles. The van der Waals surface area contributed by atoms with Gasteiger partial charge < -0.3 is 11.5 Å². The summed E-state index contributed by atoms with van der Waals surface area (Å²) >= 11 is 0. The average Bonchev–Trinajstić information content (AvgIpc) is 2.82. The number of fused-ring (bicyclic) bond motifs is 6. The van der Waals surface area contributed by atoms with Crippen molar-refractivity contribution in [1.82, 2.24) is 15.0 Å². The first-order chi connectivity index (χ1) is 16.0. The van der Waals surface area contributed by atoms with Crippen LogP contribution in [0.15, 0.2) is 0 Å². The maximum absolute atomic E-state index is 13.5. The summed E-state index contributed by atoms with van der Waals surface area (Å²) in [6.45, 7) is -0.682. The zero-order chi connectivity index (χ0) is 24.1. The minimum absolute atomic E-state index is 0.0209. The van der Waals surface area contributed by atoms with Crippen LogP contribution in [0.25, 0.3) is 0 Å². The molecule has 6 fully saturated rings. The third-order valence-corrected chi connectivity index (χ3v) is 9.03. The third kappa shape index (κ3) is 5.14. The van der Waals surface area contributed by atoms with E-state index in [1.807, 2.05) is 0 Å². The highest BCUT2D eigenvalue weighted by molar-refractivity contribution is 7.49. The van der Waals surface area contributed by atoms with Gasteiger partial charge in [0.2, 0.25) is 11.9 Å². The Balaban J connectivity index is 1.28. The largest absolute Gasteiger partial charge is 0.496 e. The van der Waals surface area contributed by atoms with Gasteiger partial charge in [0, 0.05) is 0 Å². The monoisotopic (exact) mass is 546 g/mol. The molecule has 7 rings (SSSR count). The highest BCUT2D eigenvalue weighted by Crippen LogP contribution is 2.63. The van der Waals surface area contributed by atoms with Gasteiger partial charge in [0.05, 0.1) is 63.7 Å². The number of hydrogen-bond acceptors (Lipinski definition) is 18. The van der Waals surface area contributed by atoms with E-state index in [0.29, 0.717) is 0 Å². The minimum atomic E-state index is -4.42. The lowest BCUT2D eigenvalue weighted by atomic mass is 9.93. The Bertz CT molecular complexity index is 971. The van der Waals surface area contributed by atoms with Gasteiger partial charge in [0.25, 0.3) is 5.95 Å². The topological polar surface area (TPSA) is 237 Å². The second-order valence-electron chi connectivity index (χ2n) is 8.10. The lowest BCUT2D eigenvalue weighted by Crippen LogP contribution is -2.48. The van der Waals surface area contributed by atoms with Crippen LogP contribution in [0.3, 0.4) is 0 Å². The lowest BCUT2D eigenvalue weighted by molar-refractivity contribution is -0.122. The second kappa shape index (κ2) is 8.69. The molecule has 7 heterocycles. The molecule has 5 N–H and O–H groups in total. The molecule has 0 spiro atoms. The maximum atomic E-state index is 13.5. The molecule has 21 heteroatoms. The lowest BCUT2D eigenvalue weighted by Gasteiger charge is -2.44. The van der Waals surface area contributed by atoms with Gasteiger partial charge in [-0.1, -0.05) is 0 Å². The van der Waals surface area contributed by atoms with Crippen LogP contribution in [0, 0.1) is 10.8 Å². The molecular formula is C13H21N6O12P3. The van der Waals surface area contributed by atoms with Gasteiger partial charge >= 0.3 is 23.5 Å². The summed E-state index contributed by atoms with van der Waals surface area (Å²) in [5.41, 5.74) is 11.4. The zero-order valence-electron chi connectivity index (χ0n) is 17.4. The third-order valence-electron chi connectivity index (χ3n) is 5.15. The minimum Gasteiger partial charge on any atom is -0.368 e. The average molecular weight is 546 g/mol. The molecule has 1 aromatic heterocycles. The number of nitrogen functional groups attached to an aromatic ring is 2. The van der Waals surface area contributed by atoms with Crippen molar-refractivity contribution in [3.8, 4) is 0 Å². The summed E-state index contributed by atoms with van der Waals surface area (Å²) < 4.78 is 84.3. The first-order valence-electron chi connectivity index (χ1n) is 9.70. The number of phosphoric ester groups is 3. The maximum Gasteiger partial charge on any atom is 0.496 e. The van der Waals surface area contributed by atoms with E-state index in [-0.39, 0.29) is 70.7 Å². The molecule has 0 atom stereocenters. The number of phosphoric acid groups is 3. The number of nitrogens with one attached hydrogen (secondary N) is 1. The van der Waals surface area contributed by atoms with Gasteiger partial charge in [-0.3, -0.25) is 36.2 Å². The van der Waals surface area contributed by atoms with Crippen molar-refractivity contribution in [2.45, 2.75) is 0 Å². The molecule has 1 aromatic rings. The summed E-state index contributed by atoms with van der Waals surface area (Å²) in [6.07, 6.45) is 0. The fourth-order valence-corrected chi connectivity index (χ4v) is 7.37. The fraction of sp³-hybridized carbons (Fsp3) is 0.769. The highest BCUT2D eigenvalue weighted by Gasteiger charge is 2.54. The van der Waals surface area contributed by atoms with E-state index in [0.717, 1.165) is 0 Å². The van der Waals surface area contributed by atoms with Gasteiger partial charge in [-0.05, 0) is 0 Å². The Kier molecular flexibility index (Phi) is 6.25. The van der Waals surface area contributed by atoms with Crippen LogP contribution in [0.1, 0.15) is 0 Å². The zero-order valence-corrected chi connectivity index (χ0v) is 20.1. The fourth-order valence-electron chi connectivity index (χ4n) is 3.09. The van der Waals surface area contributed by atoms with Gasteiger partial charge in [0.15, 0.2) is 0 Å². The van der Waals surface area contributed by atoms with E-state index < -0.39 is 34.3 Å². The Morgan fingerprint density at radius 2 is 1.18 bits per heavy atom. The van der Waals surface area contributed by atoms with E-state index in [9.17, 15) is 13.7 Å². The van der Waals surface area contributed by atoms with Crippen molar-refractivity contribution in [1.29, 1.82) is 0 Å². The summed E-state index contributed by atoms with van der Waals surface area (Å²) in [5, 5.41) is 0. The standard InChI is InChI=1S/C13H21N6O12P3/c14-9-16-10(15)18-11(17-9)19-31-34(22,29-7-12-1-23-32(20,24-2-12)25-3-12)30-8-13-4-26-33(21,27-5-13)28-6-13/h1-8H2,(H5,14,15,16,17,18,19). The van der Waals surface area contributed by atoms with Gasteiger partial charge in [-0.25, -0.2) is 19.2 Å². The number of nitrogens with two attached hydrogens (primary N) is 2. The van der Waals surface area contributed by atoms with Gasteiger partial charge in [-0.2, -0.15) is 19.6 Å². The van der Waals surface area contributed by atoms with Crippen LogP contribution in [-0.2, 0) is 54.5 Å². The second-order valence-corrected chi connectivity index (χ2v) is 13.0. The van der Waals surface area contributed by atoms with Gasteiger partial charge in [0.1, 0.15) is 0 Å². The van der Waals surface area contributed by atoms with Crippen LogP contribution in [0.5, 0.6) is 0 Å².